The van der Waals surface area contributed by atoms with Gasteiger partial charge in [0.1, 0.15) is 13.2 Å². The highest BCUT2D eigenvalue weighted by Crippen LogP contribution is 2.33. The molecule has 14 heteroatoms. The molecule has 2 saturated carbocycles. The Kier molecular flexibility index (Phi) is 7.33. The van der Waals surface area contributed by atoms with Crippen LogP contribution in [0, 0.1) is 0 Å². The summed E-state index contributed by atoms with van der Waals surface area (Å²) in [6.45, 7) is -0.0670. The first kappa shape index (κ1) is 24.0. The molecule has 0 atom stereocenters. The second-order valence-corrected chi connectivity index (χ2v) is 7.74. The molecule has 3 fully saturated rings. The van der Waals surface area contributed by atoms with Gasteiger partial charge >= 0.3 is 12.7 Å². The van der Waals surface area contributed by atoms with Crippen molar-refractivity contribution in [1.29, 1.82) is 0 Å². The van der Waals surface area contributed by atoms with Gasteiger partial charge in [0.15, 0.2) is 0 Å². The van der Waals surface area contributed by atoms with E-state index in [9.17, 15) is 35.9 Å². The molecule has 0 aromatic rings. The summed E-state index contributed by atoms with van der Waals surface area (Å²) in [5.41, 5.74) is 0. The van der Waals surface area contributed by atoms with Crippen LogP contribution in [-0.2, 0) is 28.5 Å². The van der Waals surface area contributed by atoms with E-state index >= 15 is 0 Å². The smallest absolute Gasteiger partial charge is 0.368 e. The summed E-state index contributed by atoms with van der Waals surface area (Å²) < 4.78 is 90.3. The quantitative estimate of drug-likeness (QED) is 0.521. The third-order valence-corrected chi connectivity index (χ3v) is 5.20. The fraction of sp³-hybridized carbons (Fsp3) is 0.882. The van der Waals surface area contributed by atoms with Crippen molar-refractivity contribution in [1.82, 2.24) is 10.2 Å². The molecular formula is C17H22F6N2O6. The van der Waals surface area contributed by atoms with E-state index in [4.69, 9.17) is 9.47 Å². The summed E-state index contributed by atoms with van der Waals surface area (Å²) in [5.74, 6) is -0.786. The van der Waals surface area contributed by atoms with E-state index in [2.05, 4.69) is 14.8 Å². The number of hydrogen-bond donors (Lipinski definition) is 1. The maximum absolute atomic E-state index is 12.0. The Morgan fingerprint density at radius 3 is 1.68 bits per heavy atom. The molecule has 1 heterocycles. The second kappa shape index (κ2) is 9.46. The van der Waals surface area contributed by atoms with Gasteiger partial charge < -0.3 is 19.7 Å². The van der Waals surface area contributed by atoms with Gasteiger partial charge in [-0.3, -0.25) is 19.1 Å². The van der Waals surface area contributed by atoms with E-state index in [0.29, 0.717) is 0 Å². The molecule has 0 bridgehead atoms. The standard InChI is InChI=1S/C17H22F6N2O6/c18-16(19,20)30-12-1-10(2-12)28-7-14(26)24-9-5-25(6-9)15(27)8-29-11-3-13(4-11)31-17(21,22)23/h9-13H,1-8H2,(H,24,26)/t10-,11-,12+,13+. The molecule has 8 nitrogen and oxygen atoms in total. The molecule has 1 N–H and O–H groups in total. The highest BCUT2D eigenvalue weighted by atomic mass is 19.4. The van der Waals surface area contributed by atoms with Crippen molar-refractivity contribution >= 4 is 11.8 Å². The lowest BCUT2D eigenvalue weighted by Gasteiger charge is -2.40. The molecule has 0 unspecified atom stereocenters. The minimum Gasteiger partial charge on any atom is -0.368 e. The van der Waals surface area contributed by atoms with Crippen LogP contribution in [0.25, 0.3) is 0 Å². The van der Waals surface area contributed by atoms with E-state index < -0.39 is 43.0 Å². The fourth-order valence-electron chi connectivity index (χ4n) is 3.39. The minimum atomic E-state index is -4.69. The summed E-state index contributed by atoms with van der Waals surface area (Å²) in [6.07, 6.45) is -12.0. The highest BCUT2D eigenvalue weighted by molar-refractivity contribution is 5.80. The fourth-order valence-corrected chi connectivity index (χ4v) is 3.39. The number of carbonyl (C=O) groups excluding carboxylic acids is 2. The number of carbonyl (C=O) groups is 2. The van der Waals surface area contributed by atoms with Crippen molar-refractivity contribution in [3.8, 4) is 0 Å². The number of rotatable bonds is 9. The van der Waals surface area contributed by atoms with Crippen LogP contribution in [0.15, 0.2) is 0 Å². The van der Waals surface area contributed by atoms with Gasteiger partial charge in [-0.15, -0.1) is 26.3 Å². The minimum absolute atomic E-state index is 0.0581. The predicted molar refractivity (Wildman–Crippen MR) is 88.3 cm³/mol. The van der Waals surface area contributed by atoms with E-state index in [1.165, 1.54) is 4.90 Å². The molecule has 0 spiro atoms. The van der Waals surface area contributed by atoms with Crippen LogP contribution >= 0.6 is 0 Å². The van der Waals surface area contributed by atoms with Crippen LogP contribution in [0.2, 0.25) is 0 Å². The molecule has 2 aliphatic carbocycles. The van der Waals surface area contributed by atoms with Crippen LogP contribution < -0.4 is 5.32 Å². The van der Waals surface area contributed by atoms with Gasteiger partial charge in [-0.1, -0.05) is 0 Å². The summed E-state index contributed by atoms with van der Waals surface area (Å²) in [7, 11) is 0. The number of halogens is 6. The Morgan fingerprint density at radius 1 is 0.774 bits per heavy atom. The molecule has 31 heavy (non-hydrogen) atoms. The first-order valence-corrected chi connectivity index (χ1v) is 9.65. The van der Waals surface area contributed by atoms with Crippen molar-refractivity contribution in [2.24, 2.45) is 0 Å². The van der Waals surface area contributed by atoms with Gasteiger partial charge in [0.05, 0.1) is 30.5 Å². The number of amides is 2. The van der Waals surface area contributed by atoms with Crippen molar-refractivity contribution in [2.75, 3.05) is 26.3 Å². The van der Waals surface area contributed by atoms with E-state index in [-0.39, 0.29) is 63.9 Å². The first-order chi connectivity index (χ1) is 14.4. The molecule has 0 aromatic carbocycles. The van der Waals surface area contributed by atoms with Gasteiger partial charge in [-0.2, -0.15) is 0 Å². The average molecular weight is 464 g/mol. The van der Waals surface area contributed by atoms with Gasteiger partial charge in [-0.25, -0.2) is 0 Å². The zero-order chi connectivity index (χ0) is 22.8. The molecular weight excluding hydrogens is 442 g/mol. The van der Waals surface area contributed by atoms with Crippen LogP contribution in [0.1, 0.15) is 25.7 Å². The third-order valence-electron chi connectivity index (χ3n) is 5.20. The Bertz CT molecular complexity index is 642. The van der Waals surface area contributed by atoms with Crippen molar-refractivity contribution in [3.63, 3.8) is 0 Å². The van der Waals surface area contributed by atoms with Gasteiger partial charge in [0, 0.05) is 38.8 Å². The molecule has 1 saturated heterocycles. The molecule has 3 aliphatic rings. The SMILES string of the molecule is O=C(CO[C@H]1C[C@@H](OC(F)(F)F)C1)NC1CN(C(=O)CO[C@H]2C[C@@H](OC(F)(F)F)C2)C1. The van der Waals surface area contributed by atoms with Crippen LogP contribution in [0.3, 0.4) is 0 Å². The number of nitrogens with one attached hydrogen (secondary N) is 1. The zero-order valence-corrected chi connectivity index (χ0v) is 16.2. The molecule has 178 valence electrons. The highest BCUT2D eigenvalue weighted by Gasteiger charge is 2.42. The Labute approximate surface area is 173 Å². The lowest BCUT2D eigenvalue weighted by Crippen LogP contribution is -2.62. The number of hydrogen-bond acceptors (Lipinski definition) is 6. The van der Waals surface area contributed by atoms with Crippen molar-refractivity contribution < 1.29 is 54.9 Å². The number of ether oxygens (including phenoxy) is 4. The molecule has 3 rings (SSSR count). The second-order valence-electron chi connectivity index (χ2n) is 7.74. The average Bonchev–Trinajstić information content (AvgIpc) is 2.52. The van der Waals surface area contributed by atoms with Crippen LogP contribution in [0.5, 0.6) is 0 Å². The van der Waals surface area contributed by atoms with Crippen LogP contribution in [0.4, 0.5) is 26.3 Å². The summed E-state index contributed by atoms with van der Waals surface area (Å²) >= 11 is 0. The van der Waals surface area contributed by atoms with Gasteiger partial charge in [0.2, 0.25) is 11.8 Å². The summed E-state index contributed by atoms with van der Waals surface area (Å²) in [4.78, 5) is 25.2. The number of alkyl halides is 6. The normalized spacial score (nSPS) is 29.0. The third kappa shape index (κ3) is 7.77. The Morgan fingerprint density at radius 2 is 1.23 bits per heavy atom. The molecule has 0 aromatic heterocycles. The maximum atomic E-state index is 12.0. The van der Waals surface area contributed by atoms with E-state index in [1.807, 2.05) is 0 Å². The number of likely N-dealkylation sites (tertiary alicyclic amines) is 1. The molecule has 1 aliphatic heterocycles. The Hall–Kier alpha value is -1.64. The Balaban J connectivity index is 1.19. The first-order valence-electron chi connectivity index (χ1n) is 9.65. The summed E-state index contributed by atoms with van der Waals surface area (Å²) in [5, 5.41) is 2.64. The van der Waals surface area contributed by atoms with Crippen molar-refractivity contribution in [2.45, 2.75) is 68.9 Å². The van der Waals surface area contributed by atoms with Crippen molar-refractivity contribution in [3.05, 3.63) is 0 Å². The zero-order valence-electron chi connectivity index (χ0n) is 16.2. The summed E-state index contributed by atoms with van der Waals surface area (Å²) in [6, 6.07) is -0.281. The molecule has 2 amide bonds. The predicted octanol–water partition coefficient (Wildman–Crippen LogP) is 1.48. The van der Waals surface area contributed by atoms with Gasteiger partial charge in [0.25, 0.3) is 0 Å². The largest absolute Gasteiger partial charge is 0.522 e. The topological polar surface area (TPSA) is 86.3 Å². The number of nitrogens with zero attached hydrogens (tertiary/aromatic N) is 1. The van der Waals surface area contributed by atoms with E-state index in [1.54, 1.807) is 0 Å². The monoisotopic (exact) mass is 464 g/mol. The lowest BCUT2D eigenvalue weighted by molar-refractivity contribution is -0.358. The van der Waals surface area contributed by atoms with Crippen LogP contribution in [-0.4, -0.2) is 86.2 Å². The van der Waals surface area contributed by atoms with Gasteiger partial charge in [-0.05, 0) is 0 Å². The molecule has 0 radical (unpaired) electrons. The maximum Gasteiger partial charge on any atom is 0.522 e. The van der Waals surface area contributed by atoms with E-state index in [0.717, 1.165) is 0 Å². The lowest BCUT2D eigenvalue weighted by atomic mass is 9.92.